The van der Waals surface area contributed by atoms with Crippen LogP contribution in [0.2, 0.25) is 0 Å². The van der Waals surface area contributed by atoms with E-state index in [-0.39, 0.29) is 11.9 Å². The van der Waals surface area contributed by atoms with Gasteiger partial charge in [0.15, 0.2) is 5.82 Å². The summed E-state index contributed by atoms with van der Waals surface area (Å²) in [5.41, 5.74) is 1.48. The number of hydrogen-bond donors (Lipinski definition) is 0. The molecule has 2 saturated heterocycles. The predicted octanol–water partition coefficient (Wildman–Crippen LogP) is 1.57. The fourth-order valence-electron chi connectivity index (χ4n) is 3.73. The highest BCUT2D eigenvalue weighted by Gasteiger charge is 2.45. The van der Waals surface area contributed by atoms with Crippen molar-refractivity contribution in [2.24, 2.45) is 0 Å². The molecule has 23 heavy (non-hydrogen) atoms. The van der Waals surface area contributed by atoms with Gasteiger partial charge in [0.25, 0.3) is 5.91 Å². The lowest BCUT2D eigenvalue weighted by molar-refractivity contribution is 0.0736. The number of aryl methyl sites for hydroxylation is 2. The van der Waals surface area contributed by atoms with Gasteiger partial charge in [-0.15, -0.1) is 5.10 Å². The molecular weight excluding hydrogens is 294 g/mol. The smallest absolute Gasteiger partial charge is 0.259 e. The van der Waals surface area contributed by atoms with Crippen molar-refractivity contribution in [3.05, 3.63) is 35.3 Å². The minimum absolute atomic E-state index is 0.0214. The summed E-state index contributed by atoms with van der Waals surface area (Å²) in [7, 11) is 0. The number of carbonyl (C=O) groups is 1. The Kier molecular flexibility index (Phi) is 3.28. The maximum atomic E-state index is 12.7. The molecule has 2 aromatic rings. The normalized spacial score (nSPS) is 23.4. The van der Waals surface area contributed by atoms with Crippen molar-refractivity contribution < 1.29 is 9.32 Å². The Balaban J connectivity index is 1.55. The first-order chi connectivity index (χ1) is 11.1. The lowest BCUT2D eigenvalue weighted by atomic mass is 10.1. The molecule has 0 spiro atoms. The van der Waals surface area contributed by atoms with Crippen molar-refractivity contribution in [1.82, 2.24) is 20.3 Å². The van der Waals surface area contributed by atoms with Crippen LogP contribution in [0.5, 0.6) is 0 Å². The van der Waals surface area contributed by atoms with Crippen LogP contribution in [0.3, 0.4) is 0 Å². The van der Waals surface area contributed by atoms with Crippen LogP contribution >= 0.6 is 0 Å². The Hall–Kier alpha value is -2.44. The topological polar surface area (TPSA) is 75.4 Å². The van der Waals surface area contributed by atoms with Crippen LogP contribution in [0.1, 0.15) is 34.7 Å². The third-order valence-corrected chi connectivity index (χ3v) is 4.90. The summed E-state index contributed by atoms with van der Waals surface area (Å²) in [6, 6.07) is 4.53. The van der Waals surface area contributed by atoms with E-state index in [0.717, 1.165) is 37.4 Å². The van der Waals surface area contributed by atoms with E-state index in [1.165, 1.54) is 6.20 Å². The van der Waals surface area contributed by atoms with E-state index in [0.29, 0.717) is 17.4 Å². The van der Waals surface area contributed by atoms with Gasteiger partial charge in [-0.2, -0.15) is 5.10 Å². The van der Waals surface area contributed by atoms with Gasteiger partial charge in [-0.1, -0.05) is 5.16 Å². The highest BCUT2D eigenvalue weighted by atomic mass is 16.5. The summed E-state index contributed by atoms with van der Waals surface area (Å²) in [6.07, 6.45) is 3.43. The largest absolute Gasteiger partial charge is 0.361 e. The summed E-state index contributed by atoms with van der Waals surface area (Å²) in [6.45, 7) is 5.37. The number of amides is 1. The van der Waals surface area contributed by atoms with Crippen LogP contribution in [0.15, 0.2) is 22.9 Å². The van der Waals surface area contributed by atoms with E-state index in [1.54, 1.807) is 6.92 Å². The predicted molar refractivity (Wildman–Crippen MR) is 83.2 cm³/mol. The number of anilines is 1. The zero-order chi connectivity index (χ0) is 16.0. The monoisotopic (exact) mass is 313 g/mol. The average molecular weight is 313 g/mol. The highest BCUT2D eigenvalue weighted by Crippen LogP contribution is 2.35. The van der Waals surface area contributed by atoms with Crippen LogP contribution in [-0.2, 0) is 0 Å². The summed E-state index contributed by atoms with van der Waals surface area (Å²) in [5, 5.41) is 12.2. The molecule has 2 aromatic heterocycles. The number of hydrogen-bond acceptors (Lipinski definition) is 6. The fourth-order valence-corrected chi connectivity index (χ4v) is 3.73. The highest BCUT2D eigenvalue weighted by molar-refractivity contribution is 5.95. The summed E-state index contributed by atoms with van der Waals surface area (Å²) >= 11 is 0. The molecule has 2 aliphatic rings. The molecule has 7 nitrogen and oxygen atoms in total. The number of nitrogens with zero attached hydrogens (tertiary/aromatic N) is 5. The summed E-state index contributed by atoms with van der Waals surface area (Å²) in [4.78, 5) is 17.0. The first-order valence-corrected chi connectivity index (χ1v) is 7.94. The molecule has 0 aliphatic carbocycles. The number of rotatable bonds is 2. The maximum Gasteiger partial charge on any atom is 0.259 e. The second-order valence-corrected chi connectivity index (χ2v) is 6.23. The van der Waals surface area contributed by atoms with Crippen molar-refractivity contribution in [2.45, 2.75) is 38.8 Å². The maximum absolute atomic E-state index is 12.7. The van der Waals surface area contributed by atoms with E-state index in [1.807, 2.05) is 24.0 Å². The Labute approximate surface area is 134 Å². The molecule has 4 heterocycles. The van der Waals surface area contributed by atoms with E-state index < -0.39 is 0 Å². The zero-order valence-electron chi connectivity index (χ0n) is 13.3. The lowest BCUT2D eigenvalue weighted by Gasteiger charge is -2.25. The Bertz CT molecular complexity index is 726. The minimum Gasteiger partial charge on any atom is -0.361 e. The first kappa shape index (κ1) is 14.2. The number of aromatic nitrogens is 3. The standard InChI is InChI=1S/C16H19N5O2/c1-10-3-4-15(19-18-10)20-7-5-14-13(20)6-8-21(14)16(22)12-9-17-23-11(12)2/h3-4,9,13-14H,5-8H2,1-2H3/t13-,14+/m0/s1. The van der Waals surface area contributed by atoms with Gasteiger partial charge in [0, 0.05) is 13.1 Å². The van der Waals surface area contributed by atoms with Crippen LogP contribution in [0.25, 0.3) is 0 Å². The molecule has 7 heteroatoms. The van der Waals surface area contributed by atoms with Gasteiger partial charge < -0.3 is 14.3 Å². The molecule has 2 atom stereocenters. The van der Waals surface area contributed by atoms with Crippen molar-refractivity contribution in [2.75, 3.05) is 18.0 Å². The zero-order valence-corrected chi connectivity index (χ0v) is 13.3. The van der Waals surface area contributed by atoms with E-state index in [9.17, 15) is 4.79 Å². The van der Waals surface area contributed by atoms with E-state index >= 15 is 0 Å². The number of carbonyl (C=O) groups excluding carboxylic acids is 1. The van der Waals surface area contributed by atoms with Crippen molar-refractivity contribution in [3.8, 4) is 0 Å². The molecule has 0 saturated carbocycles. The summed E-state index contributed by atoms with van der Waals surface area (Å²) < 4.78 is 5.03. The minimum atomic E-state index is 0.0214. The third kappa shape index (κ3) is 2.27. The number of fused-ring (bicyclic) bond motifs is 1. The molecule has 4 rings (SSSR count). The molecular formula is C16H19N5O2. The molecule has 2 aliphatic heterocycles. The van der Waals surface area contributed by atoms with Gasteiger partial charge in [0.1, 0.15) is 11.3 Å². The van der Waals surface area contributed by atoms with Gasteiger partial charge in [-0.05, 0) is 38.8 Å². The van der Waals surface area contributed by atoms with Crippen LogP contribution in [0.4, 0.5) is 5.82 Å². The molecule has 0 N–H and O–H groups in total. The van der Waals surface area contributed by atoms with Crippen molar-refractivity contribution >= 4 is 11.7 Å². The molecule has 0 aromatic carbocycles. The van der Waals surface area contributed by atoms with Crippen LogP contribution in [0, 0.1) is 13.8 Å². The molecule has 1 amide bonds. The lowest BCUT2D eigenvalue weighted by Crippen LogP contribution is -2.40. The molecule has 0 radical (unpaired) electrons. The van der Waals surface area contributed by atoms with E-state index in [2.05, 4.69) is 20.3 Å². The first-order valence-electron chi connectivity index (χ1n) is 7.94. The summed E-state index contributed by atoms with van der Waals surface area (Å²) in [5.74, 6) is 1.50. The van der Waals surface area contributed by atoms with Gasteiger partial charge in [0.2, 0.25) is 0 Å². The Morgan fingerprint density at radius 1 is 1.17 bits per heavy atom. The second kappa shape index (κ2) is 5.33. The van der Waals surface area contributed by atoms with Gasteiger partial charge >= 0.3 is 0 Å². The molecule has 2 fully saturated rings. The SMILES string of the molecule is Cc1ccc(N2CC[C@@H]3[C@@H]2CCN3C(=O)c2cnoc2C)nn1. The Morgan fingerprint density at radius 3 is 2.70 bits per heavy atom. The molecule has 120 valence electrons. The fraction of sp³-hybridized carbons (Fsp3) is 0.500. The van der Waals surface area contributed by atoms with Gasteiger partial charge in [-0.3, -0.25) is 4.79 Å². The number of likely N-dealkylation sites (tertiary alicyclic amines) is 1. The van der Waals surface area contributed by atoms with Gasteiger partial charge in [-0.25, -0.2) is 0 Å². The Morgan fingerprint density at radius 2 is 2.00 bits per heavy atom. The average Bonchev–Trinajstić information content (AvgIpc) is 3.23. The van der Waals surface area contributed by atoms with Crippen molar-refractivity contribution in [3.63, 3.8) is 0 Å². The molecule has 0 unspecified atom stereocenters. The second-order valence-electron chi connectivity index (χ2n) is 6.23. The van der Waals surface area contributed by atoms with Crippen LogP contribution < -0.4 is 4.90 Å². The molecule has 0 bridgehead atoms. The van der Waals surface area contributed by atoms with E-state index in [4.69, 9.17) is 4.52 Å². The third-order valence-electron chi connectivity index (χ3n) is 4.90. The van der Waals surface area contributed by atoms with Crippen molar-refractivity contribution in [1.29, 1.82) is 0 Å². The quantitative estimate of drug-likeness (QED) is 0.838. The van der Waals surface area contributed by atoms with Crippen LogP contribution in [-0.4, -0.2) is 51.3 Å². The van der Waals surface area contributed by atoms with Gasteiger partial charge in [0.05, 0.1) is 24.0 Å².